The van der Waals surface area contributed by atoms with Crippen LogP contribution < -0.4 is 10.6 Å². The van der Waals surface area contributed by atoms with Crippen molar-refractivity contribution < 1.29 is 14.0 Å². The first-order chi connectivity index (χ1) is 13.5. The summed E-state index contributed by atoms with van der Waals surface area (Å²) in [5.74, 6) is -0.484. The molecule has 0 unspecified atom stereocenters. The van der Waals surface area contributed by atoms with E-state index in [2.05, 4.69) is 15.5 Å². The molecule has 0 radical (unpaired) electrons. The minimum Gasteiger partial charge on any atom is -0.352 e. The number of likely N-dealkylation sites (tertiary alicyclic amines) is 1. The number of rotatable bonds is 6. The van der Waals surface area contributed by atoms with Crippen LogP contribution in [0.2, 0.25) is 0 Å². The zero-order valence-corrected chi connectivity index (χ0v) is 16.8. The van der Waals surface area contributed by atoms with E-state index in [1.165, 1.54) is 12.1 Å². The Labute approximate surface area is 168 Å². The first kappa shape index (κ1) is 20.5. The van der Waals surface area contributed by atoms with Crippen LogP contribution in [0.5, 0.6) is 0 Å². The van der Waals surface area contributed by atoms with Crippen molar-refractivity contribution in [2.24, 2.45) is 5.92 Å². The summed E-state index contributed by atoms with van der Waals surface area (Å²) >= 11 is 1.63. The number of likely N-dealkylation sites (N-methyl/N-ethyl adjacent to an activating group) is 1. The van der Waals surface area contributed by atoms with Crippen molar-refractivity contribution in [3.8, 4) is 0 Å². The summed E-state index contributed by atoms with van der Waals surface area (Å²) in [6, 6.07) is 10.1. The van der Waals surface area contributed by atoms with Crippen LogP contribution in [0.4, 0.5) is 4.39 Å². The number of nitrogens with one attached hydrogen (secondary N) is 2. The van der Waals surface area contributed by atoms with Crippen LogP contribution in [0.25, 0.3) is 0 Å². The number of carbonyl (C=O) groups is 2. The van der Waals surface area contributed by atoms with Gasteiger partial charge in [-0.25, -0.2) is 4.39 Å². The molecule has 2 aromatic rings. The summed E-state index contributed by atoms with van der Waals surface area (Å²) in [4.78, 5) is 28.1. The molecule has 1 aromatic heterocycles. The van der Waals surface area contributed by atoms with Gasteiger partial charge in [-0.15, -0.1) is 11.3 Å². The van der Waals surface area contributed by atoms with Gasteiger partial charge in [0, 0.05) is 24.0 Å². The molecule has 2 heterocycles. The first-order valence-corrected chi connectivity index (χ1v) is 10.4. The highest BCUT2D eigenvalue weighted by molar-refractivity contribution is 7.09. The molecule has 28 heavy (non-hydrogen) atoms. The Hall–Kier alpha value is -2.25. The molecule has 2 atom stereocenters. The number of hydrogen-bond acceptors (Lipinski definition) is 4. The van der Waals surface area contributed by atoms with Gasteiger partial charge in [0.15, 0.2) is 0 Å². The highest BCUT2D eigenvalue weighted by Crippen LogP contribution is 2.17. The monoisotopic (exact) mass is 403 g/mol. The Kier molecular flexibility index (Phi) is 7.17. The molecular formula is C21H26FN3O2S. The lowest BCUT2D eigenvalue weighted by atomic mass is 10.0. The molecule has 1 aliphatic heterocycles. The molecule has 1 aliphatic rings. The number of halogens is 1. The minimum absolute atomic E-state index is 0.0128. The average Bonchev–Trinajstić information content (AvgIpc) is 3.09. The van der Waals surface area contributed by atoms with Gasteiger partial charge >= 0.3 is 0 Å². The summed E-state index contributed by atoms with van der Waals surface area (Å²) < 4.78 is 13.3. The lowest BCUT2D eigenvalue weighted by Crippen LogP contribution is -2.42. The number of hydrogen-bond donors (Lipinski definition) is 2. The molecule has 2 N–H and O–H groups in total. The standard InChI is InChI=1S/C21H26FN3O2S/c1-25-13-16(21(27)23-12-19-6-3-9-28-19)7-8-18(14-25)24-20(26)11-15-4-2-5-17(22)10-15/h2-6,9-10,16,18H,7-8,11-14H2,1H3,(H,23,27)(H,24,26)/t16-,18+/m1/s1. The van der Waals surface area contributed by atoms with Gasteiger partial charge in [0.05, 0.1) is 18.9 Å². The van der Waals surface area contributed by atoms with Crippen LogP contribution in [0, 0.1) is 11.7 Å². The maximum Gasteiger partial charge on any atom is 0.224 e. The molecule has 3 rings (SSSR count). The smallest absolute Gasteiger partial charge is 0.224 e. The SMILES string of the molecule is CN1C[C@@H](NC(=O)Cc2cccc(F)c2)CC[C@@H](C(=O)NCc2cccs2)C1. The summed E-state index contributed by atoms with van der Waals surface area (Å²) in [6.45, 7) is 1.93. The van der Waals surface area contributed by atoms with E-state index in [0.717, 1.165) is 17.7 Å². The Bertz CT molecular complexity index is 797. The third-order valence-electron chi connectivity index (χ3n) is 4.93. The number of benzene rings is 1. The molecule has 2 amide bonds. The van der Waals surface area contributed by atoms with Gasteiger partial charge in [-0.05, 0) is 49.0 Å². The van der Waals surface area contributed by atoms with E-state index in [1.807, 2.05) is 24.6 Å². The summed E-state index contributed by atoms with van der Waals surface area (Å²) in [5, 5.41) is 8.05. The van der Waals surface area contributed by atoms with Crippen LogP contribution in [0.3, 0.4) is 0 Å². The van der Waals surface area contributed by atoms with Crippen LogP contribution in [-0.4, -0.2) is 42.9 Å². The lowest BCUT2D eigenvalue weighted by molar-refractivity contribution is -0.125. The Balaban J connectivity index is 1.48. The van der Waals surface area contributed by atoms with Crippen molar-refractivity contribution in [2.75, 3.05) is 20.1 Å². The first-order valence-electron chi connectivity index (χ1n) is 9.52. The molecule has 0 saturated carbocycles. The van der Waals surface area contributed by atoms with E-state index in [9.17, 15) is 14.0 Å². The second-order valence-corrected chi connectivity index (χ2v) is 8.40. The van der Waals surface area contributed by atoms with E-state index in [4.69, 9.17) is 0 Å². The normalized spacial score (nSPS) is 20.4. The fourth-order valence-electron chi connectivity index (χ4n) is 3.59. The quantitative estimate of drug-likeness (QED) is 0.779. The number of amides is 2. The van der Waals surface area contributed by atoms with Gasteiger partial charge in [-0.1, -0.05) is 18.2 Å². The maximum atomic E-state index is 13.3. The number of carbonyl (C=O) groups excluding carboxylic acids is 2. The van der Waals surface area contributed by atoms with Gasteiger partial charge in [-0.3, -0.25) is 9.59 Å². The van der Waals surface area contributed by atoms with Gasteiger partial charge in [0.2, 0.25) is 11.8 Å². The fraction of sp³-hybridized carbons (Fsp3) is 0.429. The topological polar surface area (TPSA) is 61.4 Å². The van der Waals surface area contributed by atoms with E-state index >= 15 is 0 Å². The third kappa shape index (κ3) is 6.14. The van der Waals surface area contributed by atoms with Crippen molar-refractivity contribution in [1.82, 2.24) is 15.5 Å². The summed E-state index contributed by atoms with van der Waals surface area (Å²) in [5.41, 5.74) is 0.658. The summed E-state index contributed by atoms with van der Waals surface area (Å²) in [7, 11) is 1.97. The zero-order chi connectivity index (χ0) is 19.9. The third-order valence-corrected chi connectivity index (χ3v) is 5.81. The van der Waals surface area contributed by atoms with E-state index in [-0.39, 0.29) is 36.0 Å². The lowest BCUT2D eigenvalue weighted by Gasteiger charge is -2.22. The van der Waals surface area contributed by atoms with Crippen LogP contribution in [0.1, 0.15) is 23.3 Å². The maximum absolute atomic E-state index is 13.3. The van der Waals surface area contributed by atoms with Crippen molar-refractivity contribution in [3.05, 3.63) is 58.0 Å². The molecule has 150 valence electrons. The Morgan fingerprint density at radius 3 is 2.82 bits per heavy atom. The average molecular weight is 404 g/mol. The van der Waals surface area contributed by atoms with Crippen molar-refractivity contribution in [2.45, 2.75) is 31.8 Å². The molecular weight excluding hydrogens is 377 g/mol. The molecule has 1 saturated heterocycles. The highest BCUT2D eigenvalue weighted by atomic mass is 32.1. The molecule has 0 bridgehead atoms. The molecule has 1 fully saturated rings. The Morgan fingerprint density at radius 2 is 2.07 bits per heavy atom. The van der Waals surface area contributed by atoms with Gasteiger partial charge in [0.1, 0.15) is 5.82 Å². The van der Waals surface area contributed by atoms with Crippen LogP contribution in [0.15, 0.2) is 41.8 Å². The minimum atomic E-state index is -0.337. The van der Waals surface area contributed by atoms with Crippen LogP contribution >= 0.6 is 11.3 Å². The second-order valence-electron chi connectivity index (χ2n) is 7.36. The van der Waals surface area contributed by atoms with Crippen molar-refractivity contribution in [3.63, 3.8) is 0 Å². The number of thiophene rings is 1. The van der Waals surface area contributed by atoms with E-state index < -0.39 is 0 Å². The van der Waals surface area contributed by atoms with E-state index in [1.54, 1.807) is 23.5 Å². The molecule has 0 aliphatic carbocycles. The fourth-order valence-corrected chi connectivity index (χ4v) is 4.23. The largest absolute Gasteiger partial charge is 0.352 e. The van der Waals surface area contributed by atoms with Crippen LogP contribution in [-0.2, 0) is 22.6 Å². The molecule has 7 heteroatoms. The van der Waals surface area contributed by atoms with Gasteiger partial charge in [-0.2, -0.15) is 0 Å². The second kappa shape index (κ2) is 9.80. The van der Waals surface area contributed by atoms with Crippen molar-refractivity contribution >= 4 is 23.2 Å². The molecule has 1 aromatic carbocycles. The predicted octanol–water partition coefficient (Wildman–Crippen LogP) is 2.57. The Morgan fingerprint density at radius 1 is 1.21 bits per heavy atom. The van der Waals surface area contributed by atoms with Gasteiger partial charge in [0.25, 0.3) is 0 Å². The van der Waals surface area contributed by atoms with E-state index in [0.29, 0.717) is 25.2 Å². The molecule has 0 spiro atoms. The predicted molar refractivity (Wildman–Crippen MR) is 108 cm³/mol. The van der Waals surface area contributed by atoms with Gasteiger partial charge < -0.3 is 15.5 Å². The molecule has 5 nitrogen and oxygen atoms in total. The van der Waals surface area contributed by atoms with Crippen molar-refractivity contribution in [1.29, 1.82) is 0 Å². The number of nitrogens with zero attached hydrogens (tertiary/aromatic N) is 1. The summed E-state index contributed by atoms with van der Waals surface area (Å²) in [6.07, 6.45) is 1.63. The highest BCUT2D eigenvalue weighted by Gasteiger charge is 2.27. The zero-order valence-electron chi connectivity index (χ0n) is 16.0.